The standard InChI is InChI=1S/C28H31NO4/c1-4-15-33-24-14-10-9-13-21(24)26-25(28(31)32-5-2)18(3)29-22-16-20(17-23(30)27(22)26)19-11-7-6-8-12-19/h6-14,20,26-27H,4-5,15-17H2,1-3H3/t20-,26-,27?/m1/s1. The maximum absolute atomic E-state index is 13.7. The van der Waals surface area contributed by atoms with E-state index in [9.17, 15) is 9.59 Å². The first-order valence-electron chi connectivity index (χ1n) is 11.8. The molecule has 1 heterocycles. The summed E-state index contributed by atoms with van der Waals surface area (Å²) in [6.07, 6.45) is 1.99. The number of esters is 1. The first kappa shape index (κ1) is 23.0. The van der Waals surface area contributed by atoms with Gasteiger partial charge in [0.1, 0.15) is 11.5 Å². The molecule has 1 aliphatic heterocycles. The summed E-state index contributed by atoms with van der Waals surface area (Å²) < 4.78 is 11.5. The first-order chi connectivity index (χ1) is 16.0. The average Bonchev–Trinajstić information content (AvgIpc) is 2.82. The van der Waals surface area contributed by atoms with Crippen LogP contribution in [-0.4, -0.2) is 30.7 Å². The van der Waals surface area contributed by atoms with Crippen LogP contribution in [0, 0.1) is 5.92 Å². The second kappa shape index (κ2) is 10.2. The van der Waals surface area contributed by atoms with Gasteiger partial charge < -0.3 is 9.47 Å². The number of rotatable bonds is 7. The van der Waals surface area contributed by atoms with Crippen LogP contribution in [0.1, 0.15) is 63.0 Å². The highest BCUT2D eigenvalue weighted by atomic mass is 16.5. The van der Waals surface area contributed by atoms with E-state index in [-0.39, 0.29) is 18.3 Å². The lowest BCUT2D eigenvalue weighted by atomic mass is 9.66. The van der Waals surface area contributed by atoms with Crippen molar-refractivity contribution in [3.8, 4) is 5.75 Å². The van der Waals surface area contributed by atoms with Crippen LogP contribution < -0.4 is 4.74 Å². The zero-order valence-electron chi connectivity index (χ0n) is 19.5. The number of para-hydroxylation sites is 1. The van der Waals surface area contributed by atoms with Gasteiger partial charge in [0.2, 0.25) is 0 Å². The summed E-state index contributed by atoms with van der Waals surface area (Å²) in [6, 6.07) is 17.8. The summed E-state index contributed by atoms with van der Waals surface area (Å²) in [7, 11) is 0. The lowest BCUT2D eigenvalue weighted by molar-refractivity contribution is -0.139. The predicted octanol–water partition coefficient (Wildman–Crippen LogP) is 5.61. The Balaban J connectivity index is 1.81. The summed E-state index contributed by atoms with van der Waals surface area (Å²) in [6.45, 7) is 6.51. The largest absolute Gasteiger partial charge is 0.493 e. The smallest absolute Gasteiger partial charge is 0.336 e. The molecule has 3 atom stereocenters. The van der Waals surface area contributed by atoms with Crippen molar-refractivity contribution >= 4 is 17.5 Å². The van der Waals surface area contributed by atoms with Crippen molar-refractivity contribution in [3.63, 3.8) is 0 Å². The first-order valence-corrected chi connectivity index (χ1v) is 11.8. The van der Waals surface area contributed by atoms with Gasteiger partial charge in [0, 0.05) is 29.3 Å². The minimum absolute atomic E-state index is 0.0953. The van der Waals surface area contributed by atoms with Gasteiger partial charge in [0.15, 0.2) is 0 Å². The fourth-order valence-electron chi connectivity index (χ4n) is 5.03. The minimum Gasteiger partial charge on any atom is -0.493 e. The second-order valence-corrected chi connectivity index (χ2v) is 8.65. The van der Waals surface area contributed by atoms with Crippen molar-refractivity contribution in [2.75, 3.05) is 13.2 Å². The molecule has 0 spiro atoms. The van der Waals surface area contributed by atoms with E-state index in [0.29, 0.717) is 36.5 Å². The molecule has 0 aromatic heterocycles. The molecule has 5 heteroatoms. The molecule has 4 rings (SSSR count). The quantitative estimate of drug-likeness (QED) is 0.519. The lowest BCUT2D eigenvalue weighted by Crippen LogP contribution is -2.41. The number of carbonyl (C=O) groups is 2. The Kier molecular flexibility index (Phi) is 7.07. The van der Waals surface area contributed by atoms with Crippen molar-refractivity contribution in [2.24, 2.45) is 10.9 Å². The van der Waals surface area contributed by atoms with Crippen molar-refractivity contribution in [2.45, 2.75) is 51.9 Å². The molecule has 172 valence electrons. The highest BCUT2D eigenvalue weighted by Crippen LogP contribution is 2.48. The second-order valence-electron chi connectivity index (χ2n) is 8.65. The third-order valence-corrected chi connectivity index (χ3v) is 6.44. The molecule has 2 aliphatic rings. The third kappa shape index (κ3) is 4.63. The van der Waals surface area contributed by atoms with Gasteiger partial charge in [-0.3, -0.25) is 9.79 Å². The van der Waals surface area contributed by atoms with Gasteiger partial charge in [-0.25, -0.2) is 4.79 Å². The van der Waals surface area contributed by atoms with Crippen molar-refractivity contribution < 1.29 is 19.1 Å². The number of fused-ring (bicyclic) bond motifs is 1. The highest BCUT2D eigenvalue weighted by Gasteiger charge is 2.46. The molecule has 1 saturated carbocycles. The number of carbonyl (C=O) groups excluding carboxylic acids is 2. The highest BCUT2D eigenvalue weighted by molar-refractivity contribution is 6.12. The van der Waals surface area contributed by atoms with E-state index in [1.54, 1.807) is 6.92 Å². The molecular weight excluding hydrogens is 414 g/mol. The van der Waals surface area contributed by atoms with E-state index in [4.69, 9.17) is 14.5 Å². The Hall–Kier alpha value is -3.21. The monoisotopic (exact) mass is 445 g/mol. The van der Waals surface area contributed by atoms with E-state index < -0.39 is 17.8 Å². The molecule has 0 saturated heterocycles. The van der Waals surface area contributed by atoms with Crippen LogP contribution in [0.2, 0.25) is 0 Å². The molecule has 2 aromatic rings. The molecule has 0 bridgehead atoms. The molecule has 1 unspecified atom stereocenters. The fourth-order valence-corrected chi connectivity index (χ4v) is 5.03. The van der Waals surface area contributed by atoms with Gasteiger partial charge in [-0.2, -0.15) is 0 Å². The van der Waals surface area contributed by atoms with E-state index in [0.717, 1.165) is 23.3 Å². The summed E-state index contributed by atoms with van der Waals surface area (Å²) in [5, 5.41) is 0. The fraction of sp³-hybridized carbons (Fsp3) is 0.393. The van der Waals surface area contributed by atoms with E-state index in [2.05, 4.69) is 19.1 Å². The molecule has 0 N–H and O–H groups in total. The number of Topliss-reactive ketones (excluding diaryl/α,β-unsaturated/α-hetero) is 1. The Morgan fingerprint density at radius 3 is 2.45 bits per heavy atom. The normalized spacial score (nSPS) is 22.5. The third-order valence-electron chi connectivity index (χ3n) is 6.44. The SMILES string of the molecule is CCCOc1ccccc1[C@@H]1C(C(=O)OCC)=C(C)N=C2C[C@@H](c3ccccc3)CC(=O)C21. The minimum atomic E-state index is -0.487. The van der Waals surface area contributed by atoms with E-state index in [1.165, 1.54) is 0 Å². The zero-order valence-corrected chi connectivity index (χ0v) is 19.5. The maximum atomic E-state index is 13.7. The van der Waals surface area contributed by atoms with E-state index >= 15 is 0 Å². The van der Waals surface area contributed by atoms with Gasteiger partial charge >= 0.3 is 5.97 Å². The van der Waals surface area contributed by atoms with Crippen LogP contribution in [0.25, 0.3) is 0 Å². The van der Waals surface area contributed by atoms with Gasteiger partial charge in [-0.05, 0) is 44.2 Å². The summed E-state index contributed by atoms with van der Waals surface area (Å²) in [5.74, 6) is -0.450. The van der Waals surface area contributed by atoms with Crippen LogP contribution in [0.15, 0.2) is 70.9 Å². The topological polar surface area (TPSA) is 65.0 Å². The number of aliphatic imine (C=N–C) groups is 1. The van der Waals surface area contributed by atoms with Crippen molar-refractivity contribution in [3.05, 3.63) is 77.0 Å². The molecule has 5 nitrogen and oxygen atoms in total. The van der Waals surface area contributed by atoms with Crippen LogP contribution in [-0.2, 0) is 14.3 Å². The average molecular weight is 446 g/mol. The van der Waals surface area contributed by atoms with Crippen LogP contribution in [0.4, 0.5) is 0 Å². The van der Waals surface area contributed by atoms with E-state index in [1.807, 2.05) is 49.4 Å². The van der Waals surface area contributed by atoms with Gasteiger partial charge in [0.05, 0.1) is 24.7 Å². The number of allylic oxidation sites excluding steroid dienone is 1. The zero-order chi connectivity index (χ0) is 23.4. The summed E-state index contributed by atoms with van der Waals surface area (Å²) >= 11 is 0. The van der Waals surface area contributed by atoms with Gasteiger partial charge in [0.25, 0.3) is 0 Å². The van der Waals surface area contributed by atoms with Gasteiger partial charge in [-0.15, -0.1) is 0 Å². The molecule has 0 amide bonds. The number of nitrogens with zero attached hydrogens (tertiary/aromatic N) is 1. The Labute approximate surface area is 195 Å². The van der Waals surface area contributed by atoms with Gasteiger partial charge in [-0.1, -0.05) is 55.5 Å². The molecule has 33 heavy (non-hydrogen) atoms. The number of ketones is 1. The van der Waals surface area contributed by atoms with Crippen molar-refractivity contribution in [1.29, 1.82) is 0 Å². The lowest BCUT2D eigenvalue weighted by Gasteiger charge is -2.38. The number of hydrogen-bond donors (Lipinski definition) is 0. The molecule has 2 aromatic carbocycles. The molecule has 0 radical (unpaired) electrons. The number of ether oxygens (including phenoxy) is 2. The maximum Gasteiger partial charge on any atom is 0.336 e. The Morgan fingerprint density at radius 2 is 1.73 bits per heavy atom. The van der Waals surface area contributed by atoms with Crippen LogP contribution >= 0.6 is 0 Å². The van der Waals surface area contributed by atoms with Crippen LogP contribution in [0.3, 0.4) is 0 Å². The van der Waals surface area contributed by atoms with Crippen molar-refractivity contribution in [1.82, 2.24) is 0 Å². The summed E-state index contributed by atoms with van der Waals surface area (Å²) in [5.41, 5.74) is 3.92. The number of benzene rings is 2. The summed E-state index contributed by atoms with van der Waals surface area (Å²) in [4.78, 5) is 31.6. The predicted molar refractivity (Wildman–Crippen MR) is 129 cm³/mol. The Morgan fingerprint density at radius 1 is 1.00 bits per heavy atom. The Bertz CT molecular complexity index is 1090. The molecular formula is C28H31NO4. The number of hydrogen-bond acceptors (Lipinski definition) is 5. The van der Waals surface area contributed by atoms with Crippen LogP contribution in [0.5, 0.6) is 5.75 Å². The molecule has 1 aliphatic carbocycles. The molecule has 1 fully saturated rings.